The summed E-state index contributed by atoms with van der Waals surface area (Å²) in [4.78, 5) is 12.7. The molecule has 2 aromatic rings. The zero-order chi connectivity index (χ0) is 15.6. The number of aryl methyl sites for hydroxylation is 1. The van der Waals surface area contributed by atoms with E-state index < -0.39 is 16.0 Å². The highest BCUT2D eigenvalue weighted by Gasteiger charge is 2.26. The summed E-state index contributed by atoms with van der Waals surface area (Å²) in [7, 11) is -1.01. The van der Waals surface area contributed by atoms with Gasteiger partial charge in [0, 0.05) is 11.9 Å². The Morgan fingerprint density at radius 3 is 2.43 bits per heavy atom. The Balaban J connectivity index is 2.50. The number of ether oxygens (including phenoxy) is 1. The molecule has 5 nitrogen and oxygen atoms in total. The minimum Gasteiger partial charge on any atom is -0.465 e. The van der Waals surface area contributed by atoms with Crippen LogP contribution in [0.5, 0.6) is 0 Å². The van der Waals surface area contributed by atoms with Crippen molar-refractivity contribution in [2.75, 3.05) is 18.5 Å². The Labute approximate surface area is 127 Å². The molecule has 112 valence electrons. The van der Waals surface area contributed by atoms with E-state index in [1.54, 1.807) is 30.3 Å². The highest BCUT2D eigenvalue weighted by molar-refractivity contribution is 7.94. The molecular weight excluding hydrogens is 310 g/mol. The fourth-order valence-electron chi connectivity index (χ4n) is 1.85. The highest BCUT2D eigenvalue weighted by Crippen LogP contribution is 2.29. The summed E-state index contributed by atoms with van der Waals surface area (Å²) in [6, 6.07) is 9.75. The number of rotatable bonds is 4. The normalized spacial score (nSPS) is 11.2. The lowest BCUT2D eigenvalue weighted by molar-refractivity contribution is 0.0601. The minimum absolute atomic E-state index is 0.208. The monoisotopic (exact) mass is 325 g/mol. The van der Waals surface area contributed by atoms with Crippen LogP contribution in [-0.2, 0) is 14.8 Å². The van der Waals surface area contributed by atoms with Gasteiger partial charge >= 0.3 is 5.97 Å². The molecular formula is C14H15NO4S2. The number of carbonyl (C=O) groups excluding carboxylic acids is 1. The van der Waals surface area contributed by atoms with Gasteiger partial charge in [-0.25, -0.2) is 13.2 Å². The largest absolute Gasteiger partial charge is 0.465 e. The van der Waals surface area contributed by atoms with Crippen molar-refractivity contribution in [1.29, 1.82) is 0 Å². The quantitative estimate of drug-likeness (QED) is 0.811. The van der Waals surface area contributed by atoms with E-state index >= 15 is 0 Å². The molecule has 1 aromatic heterocycles. The predicted molar refractivity (Wildman–Crippen MR) is 82.4 cm³/mol. The fourth-order valence-corrected chi connectivity index (χ4v) is 4.51. The van der Waals surface area contributed by atoms with Gasteiger partial charge in [-0.2, -0.15) is 0 Å². The van der Waals surface area contributed by atoms with Gasteiger partial charge in [0.15, 0.2) is 0 Å². The first-order chi connectivity index (χ1) is 9.87. The van der Waals surface area contributed by atoms with Gasteiger partial charge < -0.3 is 4.74 Å². The van der Waals surface area contributed by atoms with Crippen LogP contribution < -0.4 is 4.31 Å². The van der Waals surface area contributed by atoms with E-state index in [9.17, 15) is 13.2 Å². The summed E-state index contributed by atoms with van der Waals surface area (Å²) in [6.07, 6.45) is 0. The molecule has 0 aliphatic heterocycles. The van der Waals surface area contributed by atoms with Crippen molar-refractivity contribution in [2.24, 2.45) is 0 Å². The molecule has 1 aromatic carbocycles. The van der Waals surface area contributed by atoms with Gasteiger partial charge in [-0.15, -0.1) is 11.3 Å². The van der Waals surface area contributed by atoms with Crippen molar-refractivity contribution >= 4 is 33.0 Å². The number of hydrogen-bond acceptors (Lipinski definition) is 5. The zero-order valence-electron chi connectivity index (χ0n) is 11.9. The summed E-state index contributed by atoms with van der Waals surface area (Å²) >= 11 is 1.19. The molecule has 0 amide bonds. The Morgan fingerprint density at radius 2 is 1.86 bits per heavy atom. The predicted octanol–water partition coefficient (Wildman–Crippen LogP) is 2.67. The van der Waals surface area contributed by atoms with Gasteiger partial charge in [-0.3, -0.25) is 4.31 Å². The molecule has 7 heteroatoms. The second kappa shape index (κ2) is 5.87. The number of methoxy groups -OCH3 is 1. The van der Waals surface area contributed by atoms with E-state index in [0.29, 0.717) is 0 Å². The molecule has 0 aliphatic carbocycles. The summed E-state index contributed by atoms with van der Waals surface area (Å²) in [6.45, 7) is 1.84. The third-order valence-electron chi connectivity index (χ3n) is 2.98. The topological polar surface area (TPSA) is 63.7 Å². The molecule has 0 unspecified atom stereocenters. The number of para-hydroxylation sites is 1. The van der Waals surface area contributed by atoms with Crippen molar-refractivity contribution in [3.05, 3.63) is 46.8 Å². The highest BCUT2D eigenvalue weighted by atomic mass is 32.2. The van der Waals surface area contributed by atoms with E-state index in [2.05, 4.69) is 0 Å². The number of anilines is 1. The molecule has 0 bridgehead atoms. The maximum atomic E-state index is 12.6. The SMILES string of the molecule is COC(=O)c1ccccc1N(C)S(=O)(=O)c1ccc(C)s1. The maximum Gasteiger partial charge on any atom is 0.340 e. The van der Waals surface area contributed by atoms with Crippen LogP contribution in [0, 0.1) is 6.92 Å². The average Bonchev–Trinajstić information content (AvgIpc) is 2.93. The number of nitrogens with zero attached hydrogens (tertiary/aromatic N) is 1. The second-order valence-corrected chi connectivity index (χ2v) is 7.83. The number of benzene rings is 1. The molecule has 0 spiro atoms. The van der Waals surface area contributed by atoms with Gasteiger partial charge in [-0.1, -0.05) is 12.1 Å². The maximum absolute atomic E-state index is 12.6. The third-order valence-corrected chi connectivity index (χ3v) is 6.22. The molecule has 0 saturated carbocycles. The third kappa shape index (κ3) is 2.93. The number of esters is 1. The van der Waals surface area contributed by atoms with Crippen molar-refractivity contribution in [3.8, 4) is 0 Å². The Hall–Kier alpha value is -1.86. The van der Waals surface area contributed by atoms with Crippen LogP contribution in [-0.4, -0.2) is 28.5 Å². The summed E-state index contributed by atoms with van der Waals surface area (Å²) in [5.41, 5.74) is 0.495. The molecule has 21 heavy (non-hydrogen) atoms. The van der Waals surface area contributed by atoms with Crippen LogP contribution in [0.25, 0.3) is 0 Å². The van der Waals surface area contributed by atoms with E-state index in [4.69, 9.17) is 4.74 Å². The molecule has 0 aliphatic rings. The van der Waals surface area contributed by atoms with E-state index in [1.807, 2.05) is 6.92 Å². The van der Waals surface area contributed by atoms with Gasteiger partial charge in [0.25, 0.3) is 10.0 Å². The number of carbonyl (C=O) groups is 1. The standard InChI is InChI=1S/C14H15NO4S2/c1-10-8-9-13(20-10)21(17,18)15(2)12-7-5-4-6-11(12)14(16)19-3/h4-9H,1-3H3. The van der Waals surface area contributed by atoms with Crippen LogP contribution >= 0.6 is 11.3 Å². The molecule has 0 atom stereocenters. The number of hydrogen-bond donors (Lipinski definition) is 0. The lowest BCUT2D eigenvalue weighted by atomic mass is 10.2. The summed E-state index contributed by atoms with van der Waals surface area (Å²) in [5, 5.41) is 0. The first-order valence-corrected chi connectivity index (χ1v) is 8.36. The minimum atomic E-state index is -3.69. The number of thiophene rings is 1. The van der Waals surface area contributed by atoms with Crippen molar-refractivity contribution < 1.29 is 17.9 Å². The smallest absolute Gasteiger partial charge is 0.340 e. The average molecular weight is 325 g/mol. The lowest BCUT2D eigenvalue weighted by Crippen LogP contribution is -2.27. The van der Waals surface area contributed by atoms with Gasteiger partial charge in [0.05, 0.1) is 18.4 Å². The fraction of sp³-hybridized carbons (Fsp3) is 0.214. The molecule has 2 rings (SSSR count). The van der Waals surface area contributed by atoms with Crippen LogP contribution in [0.1, 0.15) is 15.2 Å². The van der Waals surface area contributed by atoms with E-state index in [1.165, 1.54) is 31.6 Å². The van der Waals surface area contributed by atoms with E-state index in [-0.39, 0.29) is 15.5 Å². The molecule has 0 saturated heterocycles. The summed E-state index contributed by atoms with van der Waals surface area (Å²) < 4.78 is 31.2. The first kappa shape index (κ1) is 15.5. The van der Waals surface area contributed by atoms with E-state index in [0.717, 1.165) is 9.18 Å². The Kier molecular flexibility index (Phi) is 4.34. The lowest BCUT2D eigenvalue weighted by Gasteiger charge is -2.20. The molecule has 0 radical (unpaired) electrons. The molecule has 0 N–H and O–H groups in total. The van der Waals surface area contributed by atoms with Gasteiger partial charge in [0.1, 0.15) is 4.21 Å². The van der Waals surface area contributed by atoms with Gasteiger partial charge in [-0.05, 0) is 31.2 Å². The van der Waals surface area contributed by atoms with Crippen molar-refractivity contribution in [3.63, 3.8) is 0 Å². The number of sulfonamides is 1. The van der Waals surface area contributed by atoms with Gasteiger partial charge in [0.2, 0.25) is 0 Å². The zero-order valence-corrected chi connectivity index (χ0v) is 13.5. The first-order valence-electron chi connectivity index (χ1n) is 6.10. The summed E-state index contributed by atoms with van der Waals surface area (Å²) in [5.74, 6) is -0.574. The van der Waals surface area contributed by atoms with Crippen LogP contribution in [0.2, 0.25) is 0 Å². The molecule has 1 heterocycles. The van der Waals surface area contributed by atoms with Crippen molar-refractivity contribution in [1.82, 2.24) is 0 Å². The van der Waals surface area contributed by atoms with Crippen LogP contribution in [0.3, 0.4) is 0 Å². The van der Waals surface area contributed by atoms with Crippen molar-refractivity contribution in [2.45, 2.75) is 11.1 Å². The Morgan fingerprint density at radius 1 is 1.19 bits per heavy atom. The molecule has 0 fully saturated rings. The van der Waals surface area contributed by atoms with Crippen LogP contribution in [0.15, 0.2) is 40.6 Å². The Bertz CT molecular complexity index is 765. The van der Waals surface area contributed by atoms with Crippen LogP contribution in [0.4, 0.5) is 5.69 Å². The second-order valence-electron chi connectivity index (χ2n) is 4.35.